The molecule has 118 valence electrons. The molecule has 21 heavy (non-hydrogen) atoms. The Kier molecular flexibility index (Phi) is 6.64. The van der Waals surface area contributed by atoms with Crippen LogP contribution in [0.15, 0.2) is 24.3 Å². The van der Waals surface area contributed by atoms with Gasteiger partial charge in [0.05, 0.1) is 12.1 Å². The molecule has 7 heteroatoms. The highest BCUT2D eigenvalue weighted by Crippen LogP contribution is 2.29. The summed E-state index contributed by atoms with van der Waals surface area (Å²) < 4.78 is 37.1. The first kappa shape index (κ1) is 17.5. The molecule has 0 fully saturated rings. The largest absolute Gasteiger partial charge is 0.416 e. The molecule has 4 nitrogen and oxygen atoms in total. The van der Waals surface area contributed by atoms with Gasteiger partial charge in [0.1, 0.15) is 0 Å². The van der Waals surface area contributed by atoms with Gasteiger partial charge in [-0.15, -0.1) is 0 Å². The average Bonchev–Trinajstić information content (AvgIpc) is 2.37. The Bertz CT molecular complexity index is 444. The molecular weight excluding hydrogens is 283 g/mol. The van der Waals surface area contributed by atoms with Gasteiger partial charge in [-0.05, 0) is 57.9 Å². The zero-order chi connectivity index (χ0) is 15.9. The normalized spacial score (nSPS) is 11.7. The van der Waals surface area contributed by atoms with E-state index in [1.165, 1.54) is 12.1 Å². The summed E-state index contributed by atoms with van der Waals surface area (Å²) in [5, 5.41) is 5.52. The van der Waals surface area contributed by atoms with Gasteiger partial charge in [0, 0.05) is 5.69 Å². The van der Waals surface area contributed by atoms with E-state index >= 15 is 0 Å². The van der Waals surface area contributed by atoms with Crippen LogP contribution < -0.4 is 10.6 Å². The number of nitrogens with zero attached hydrogens (tertiary/aromatic N) is 1. The fraction of sp³-hybridized carbons (Fsp3) is 0.500. The zero-order valence-electron chi connectivity index (χ0n) is 12.1. The van der Waals surface area contributed by atoms with Crippen LogP contribution in [-0.4, -0.2) is 44.5 Å². The summed E-state index contributed by atoms with van der Waals surface area (Å²) >= 11 is 0. The summed E-state index contributed by atoms with van der Waals surface area (Å²) in [6, 6.07) is 4.37. The van der Waals surface area contributed by atoms with E-state index in [4.69, 9.17) is 0 Å². The van der Waals surface area contributed by atoms with Gasteiger partial charge in [-0.2, -0.15) is 13.2 Å². The number of hydrogen-bond donors (Lipinski definition) is 2. The molecule has 0 aromatic heterocycles. The molecule has 0 spiro atoms. The highest BCUT2D eigenvalue weighted by Gasteiger charge is 2.29. The number of hydrogen-bond acceptors (Lipinski definition) is 3. The van der Waals surface area contributed by atoms with Crippen LogP contribution in [-0.2, 0) is 11.0 Å². The molecule has 2 N–H and O–H groups in total. The van der Waals surface area contributed by atoms with Crippen LogP contribution in [0.25, 0.3) is 0 Å². The minimum atomic E-state index is -4.36. The second kappa shape index (κ2) is 7.99. The molecule has 0 atom stereocenters. The van der Waals surface area contributed by atoms with Gasteiger partial charge in [0.2, 0.25) is 5.91 Å². The summed E-state index contributed by atoms with van der Waals surface area (Å²) in [7, 11) is 3.94. The van der Waals surface area contributed by atoms with Crippen LogP contribution in [0.2, 0.25) is 0 Å². The van der Waals surface area contributed by atoms with Crippen LogP contribution in [0.4, 0.5) is 18.9 Å². The van der Waals surface area contributed by atoms with Crippen LogP contribution in [0.5, 0.6) is 0 Å². The third-order valence-electron chi connectivity index (χ3n) is 2.74. The first-order valence-corrected chi connectivity index (χ1v) is 6.61. The smallest absolute Gasteiger partial charge is 0.325 e. The van der Waals surface area contributed by atoms with E-state index < -0.39 is 11.7 Å². The molecule has 0 aliphatic carbocycles. The Morgan fingerprint density at radius 1 is 1.19 bits per heavy atom. The van der Waals surface area contributed by atoms with Gasteiger partial charge in [-0.3, -0.25) is 4.79 Å². The second-order valence-electron chi connectivity index (χ2n) is 4.96. The van der Waals surface area contributed by atoms with Crippen LogP contribution in [0.1, 0.15) is 12.0 Å². The minimum absolute atomic E-state index is 0.133. The van der Waals surface area contributed by atoms with Crippen molar-refractivity contribution in [1.29, 1.82) is 0 Å². The van der Waals surface area contributed by atoms with E-state index in [-0.39, 0.29) is 12.5 Å². The maximum absolute atomic E-state index is 12.4. The molecule has 0 saturated heterocycles. The third-order valence-corrected chi connectivity index (χ3v) is 2.74. The lowest BCUT2D eigenvalue weighted by atomic mass is 10.2. The summed E-state index contributed by atoms with van der Waals surface area (Å²) in [5.41, 5.74) is -0.384. The van der Waals surface area contributed by atoms with Crippen molar-refractivity contribution in [2.24, 2.45) is 0 Å². The van der Waals surface area contributed by atoms with Crippen molar-refractivity contribution in [2.75, 3.05) is 39.0 Å². The molecule has 0 aliphatic rings. The van der Waals surface area contributed by atoms with Crippen molar-refractivity contribution in [3.05, 3.63) is 29.8 Å². The van der Waals surface area contributed by atoms with Crippen molar-refractivity contribution in [1.82, 2.24) is 10.2 Å². The van der Waals surface area contributed by atoms with Crippen molar-refractivity contribution in [3.8, 4) is 0 Å². The summed E-state index contributed by atoms with van der Waals surface area (Å²) in [5.74, 6) is -0.278. The second-order valence-corrected chi connectivity index (χ2v) is 4.96. The highest BCUT2D eigenvalue weighted by atomic mass is 19.4. The molecule has 0 unspecified atom stereocenters. The van der Waals surface area contributed by atoms with Gasteiger partial charge < -0.3 is 15.5 Å². The predicted molar refractivity (Wildman–Crippen MR) is 76.1 cm³/mol. The topological polar surface area (TPSA) is 44.4 Å². The number of alkyl halides is 3. The van der Waals surface area contributed by atoms with Crippen molar-refractivity contribution in [3.63, 3.8) is 0 Å². The number of anilines is 1. The fourth-order valence-corrected chi connectivity index (χ4v) is 1.67. The molecule has 0 radical (unpaired) electrons. The molecule has 0 heterocycles. The fourth-order valence-electron chi connectivity index (χ4n) is 1.67. The number of carbonyl (C=O) groups excluding carboxylic acids is 1. The number of nitrogens with one attached hydrogen (secondary N) is 2. The molecule has 1 rings (SSSR count). The summed E-state index contributed by atoms with van der Waals surface area (Å²) in [6.45, 7) is 1.76. The first-order valence-electron chi connectivity index (χ1n) is 6.61. The molecular formula is C14H20F3N3O. The lowest BCUT2D eigenvalue weighted by molar-refractivity contribution is -0.137. The highest BCUT2D eigenvalue weighted by molar-refractivity contribution is 5.92. The van der Waals surface area contributed by atoms with E-state index in [9.17, 15) is 18.0 Å². The monoisotopic (exact) mass is 303 g/mol. The van der Waals surface area contributed by atoms with Gasteiger partial charge in [-0.1, -0.05) is 0 Å². The third kappa shape index (κ3) is 7.10. The summed E-state index contributed by atoms with van der Waals surface area (Å²) in [4.78, 5) is 13.6. The van der Waals surface area contributed by atoms with Crippen molar-refractivity contribution >= 4 is 11.6 Å². The molecule has 0 saturated carbocycles. The van der Waals surface area contributed by atoms with Crippen molar-refractivity contribution < 1.29 is 18.0 Å². The lowest BCUT2D eigenvalue weighted by Gasteiger charge is -2.10. The standard InChI is InChI=1S/C14H20F3N3O/c1-20(2)9-3-8-18-10-13(21)19-12-6-4-11(5-7-12)14(15,16)17/h4-7,18H,3,8-10H2,1-2H3,(H,19,21). The Morgan fingerprint density at radius 3 is 2.33 bits per heavy atom. The Labute approximate surface area is 122 Å². The molecule has 1 aromatic carbocycles. The number of rotatable bonds is 7. The summed E-state index contributed by atoms with van der Waals surface area (Å²) in [6.07, 6.45) is -3.45. The number of benzene rings is 1. The van der Waals surface area contributed by atoms with Gasteiger partial charge in [0.15, 0.2) is 0 Å². The minimum Gasteiger partial charge on any atom is -0.325 e. The average molecular weight is 303 g/mol. The molecule has 0 bridgehead atoms. The van der Waals surface area contributed by atoms with E-state index in [2.05, 4.69) is 10.6 Å². The molecule has 1 amide bonds. The van der Waals surface area contributed by atoms with Gasteiger partial charge >= 0.3 is 6.18 Å². The predicted octanol–water partition coefficient (Wildman–Crippen LogP) is 2.19. The van der Waals surface area contributed by atoms with Crippen LogP contribution in [0.3, 0.4) is 0 Å². The number of amides is 1. The Hall–Kier alpha value is -1.60. The zero-order valence-corrected chi connectivity index (χ0v) is 12.1. The van der Waals surface area contributed by atoms with Crippen molar-refractivity contribution in [2.45, 2.75) is 12.6 Å². The molecule has 1 aromatic rings. The van der Waals surface area contributed by atoms with E-state index in [0.29, 0.717) is 12.2 Å². The van der Waals surface area contributed by atoms with E-state index in [1.807, 2.05) is 19.0 Å². The van der Waals surface area contributed by atoms with E-state index in [1.54, 1.807) is 0 Å². The van der Waals surface area contributed by atoms with Gasteiger partial charge in [0.25, 0.3) is 0 Å². The first-order chi connectivity index (χ1) is 9.79. The van der Waals surface area contributed by atoms with Crippen LogP contribution >= 0.6 is 0 Å². The SMILES string of the molecule is CN(C)CCCNCC(=O)Nc1ccc(C(F)(F)F)cc1. The van der Waals surface area contributed by atoms with Crippen LogP contribution in [0, 0.1) is 0 Å². The van der Waals surface area contributed by atoms with Gasteiger partial charge in [-0.25, -0.2) is 0 Å². The Balaban J connectivity index is 2.31. The van der Waals surface area contributed by atoms with E-state index in [0.717, 1.165) is 25.1 Å². The molecule has 0 aliphatic heterocycles. The maximum atomic E-state index is 12.4. The quantitative estimate of drug-likeness (QED) is 0.759. The maximum Gasteiger partial charge on any atom is 0.416 e. The number of carbonyl (C=O) groups is 1. The lowest BCUT2D eigenvalue weighted by Crippen LogP contribution is -2.30. The Morgan fingerprint density at radius 2 is 1.81 bits per heavy atom. The number of halogens is 3.